The number of hydrogen-bond acceptors (Lipinski definition) is 3. The van der Waals surface area contributed by atoms with Crippen LogP contribution in [-0.4, -0.2) is 35.0 Å². The number of carbonyl (C=O) groups excluding carboxylic acids is 1. The van der Waals surface area contributed by atoms with Crippen LogP contribution in [0.25, 0.3) is 0 Å². The fourth-order valence-electron chi connectivity index (χ4n) is 2.51. The number of benzene rings is 1. The Balaban J connectivity index is 2.08. The Hall–Kier alpha value is -1.75. The molecule has 0 spiro atoms. The molecule has 1 unspecified atom stereocenters. The monoisotopic (exact) mass is 296 g/mol. The molecular weight excluding hydrogens is 280 g/mol. The largest absolute Gasteiger partial charge is 0.481 e. The highest BCUT2D eigenvalue weighted by Gasteiger charge is 2.26. The summed E-state index contributed by atoms with van der Waals surface area (Å²) in [6.45, 7) is 1.13. The van der Waals surface area contributed by atoms with Crippen molar-refractivity contribution in [2.24, 2.45) is 5.92 Å². The number of piperidine rings is 1. The van der Waals surface area contributed by atoms with Gasteiger partial charge in [0.1, 0.15) is 0 Å². The Bertz CT molecular complexity index is 533. The van der Waals surface area contributed by atoms with Crippen molar-refractivity contribution in [3.63, 3.8) is 0 Å². The molecular formula is C14H17ClN2O3. The summed E-state index contributed by atoms with van der Waals surface area (Å²) >= 11 is 5.92. The summed E-state index contributed by atoms with van der Waals surface area (Å²) in [5.41, 5.74) is 6.54. The highest BCUT2D eigenvalue weighted by atomic mass is 35.5. The SMILES string of the molecule is Nc1ccc(C(=O)N2CCCC(CC(=O)O)C2)cc1Cl. The van der Waals surface area contributed by atoms with Gasteiger partial charge in [-0.1, -0.05) is 11.6 Å². The predicted molar refractivity (Wildman–Crippen MR) is 76.7 cm³/mol. The van der Waals surface area contributed by atoms with Crippen molar-refractivity contribution < 1.29 is 14.7 Å². The molecule has 0 aromatic heterocycles. The molecule has 1 aliphatic rings. The van der Waals surface area contributed by atoms with E-state index in [1.54, 1.807) is 23.1 Å². The van der Waals surface area contributed by atoms with Crippen LogP contribution in [0.5, 0.6) is 0 Å². The highest BCUT2D eigenvalue weighted by Crippen LogP contribution is 2.24. The van der Waals surface area contributed by atoms with E-state index < -0.39 is 5.97 Å². The highest BCUT2D eigenvalue weighted by molar-refractivity contribution is 6.33. The summed E-state index contributed by atoms with van der Waals surface area (Å²) in [7, 11) is 0. The topological polar surface area (TPSA) is 83.6 Å². The van der Waals surface area contributed by atoms with E-state index in [4.69, 9.17) is 22.4 Å². The fraction of sp³-hybridized carbons (Fsp3) is 0.429. The van der Waals surface area contributed by atoms with Crippen molar-refractivity contribution >= 4 is 29.2 Å². The van der Waals surface area contributed by atoms with Crippen molar-refractivity contribution in [3.05, 3.63) is 28.8 Å². The van der Waals surface area contributed by atoms with E-state index in [1.165, 1.54) is 0 Å². The number of nitrogen functional groups attached to an aromatic ring is 1. The minimum Gasteiger partial charge on any atom is -0.481 e. The molecule has 2 rings (SSSR count). The Morgan fingerprint density at radius 2 is 2.20 bits per heavy atom. The van der Waals surface area contributed by atoms with Crippen LogP contribution >= 0.6 is 11.6 Å². The van der Waals surface area contributed by atoms with Gasteiger partial charge in [-0.25, -0.2) is 0 Å². The third-order valence-electron chi connectivity index (χ3n) is 3.52. The quantitative estimate of drug-likeness (QED) is 0.838. The van der Waals surface area contributed by atoms with Gasteiger partial charge in [-0.05, 0) is 37.0 Å². The number of halogens is 1. The number of amides is 1. The van der Waals surface area contributed by atoms with Crippen molar-refractivity contribution in [1.29, 1.82) is 0 Å². The molecule has 1 fully saturated rings. The molecule has 6 heteroatoms. The Labute approximate surface area is 122 Å². The van der Waals surface area contributed by atoms with Crippen LogP contribution in [0.15, 0.2) is 18.2 Å². The molecule has 1 aliphatic heterocycles. The van der Waals surface area contributed by atoms with Crippen molar-refractivity contribution in [1.82, 2.24) is 4.90 Å². The standard InChI is InChI=1S/C14H17ClN2O3/c15-11-7-10(3-4-12(11)16)14(20)17-5-1-2-9(8-17)6-13(18)19/h3-4,7,9H,1-2,5-6,8,16H2,(H,18,19). The second-order valence-electron chi connectivity index (χ2n) is 5.09. The Morgan fingerprint density at radius 1 is 1.45 bits per heavy atom. The number of likely N-dealkylation sites (tertiary alicyclic amines) is 1. The number of rotatable bonds is 3. The Morgan fingerprint density at radius 3 is 2.85 bits per heavy atom. The van der Waals surface area contributed by atoms with Crippen molar-refractivity contribution in [2.45, 2.75) is 19.3 Å². The molecule has 1 amide bonds. The third kappa shape index (κ3) is 3.42. The summed E-state index contributed by atoms with van der Waals surface area (Å²) in [5.74, 6) is -0.920. The summed E-state index contributed by atoms with van der Waals surface area (Å²) in [4.78, 5) is 24.8. The lowest BCUT2D eigenvalue weighted by molar-refractivity contribution is -0.138. The first-order chi connectivity index (χ1) is 9.47. The number of nitrogens with two attached hydrogens (primary N) is 1. The lowest BCUT2D eigenvalue weighted by atomic mass is 9.94. The van der Waals surface area contributed by atoms with Crippen LogP contribution in [0, 0.1) is 5.92 Å². The average Bonchev–Trinajstić information content (AvgIpc) is 2.40. The van der Waals surface area contributed by atoms with Crippen LogP contribution < -0.4 is 5.73 Å². The van der Waals surface area contributed by atoms with Crippen molar-refractivity contribution in [3.8, 4) is 0 Å². The Kier molecular flexibility index (Phi) is 4.49. The molecule has 1 heterocycles. The van der Waals surface area contributed by atoms with Gasteiger partial charge in [-0.3, -0.25) is 9.59 Å². The lowest BCUT2D eigenvalue weighted by Crippen LogP contribution is -2.40. The zero-order valence-electron chi connectivity index (χ0n) is 11.0. The fourth-order valence-corrected chi connectivity index (χ4v) is 2.69. The molecule has 0 radical (unpaired) electrons. The van der Waals surface area contributed by atoms with E-state index in [1.807, 2.05) is 0 Å². The molecule has 1 saturated heterocycles. The zero-order valence-corrected chi connectivity index (χ0v) is 11.8. The minimum atomic E-state index is -0.820. The first-order valence-corrected chi connectivity index (χ1v) is 6.91. The molecule has 0 saturated carbocycles. The smallest absolute Gasteiger partial charge is 0.303 e. The van der Waals surface area contributed by atoms with E-state index in [0.717, 1.165) is 12.8 Å². The van der Waals surface area contributed by atoms with E-state index in [9.17, 15) is 9.59 Å². The molecule has 1 aromatic carbocycles. The number of nitrogens with zero attached hydrogens (tertiary/aromatic N) is 1. The lowest BCUT2D eigenvalue weighted by Gasteiger charge is -2.32. The van der Waals surface area contributed by atoms with Gasteiger partial charge in [-0.2, -0.15) is 0 Å². The van der Waals surface area contributed by atoms with Gasteiger partial charge in [-0.15, -0.1) is 0 Å². The molecule has 0 bridgehead atoms. The van der Waals surface area contributed by atoms with Crippen LogP contribution in [0.3, 0.4) is 0 Å². The number of hydrogen-bond donors (Lipinski definition) is 2. The maximum atomic E-state index is 12.4. The second kappa shape index (κ2) is 6.13. The van der Waals surface area contributed by atoms with Gasteiger partial charge >= 0.3 is 5.97 Å². The summed E-state index contributed by atoms with van der Waals surface area (Å²) in [6.07, 6.45) is 1.78. The van der Waals surface area contributed by atoms with Gasteiger partial charge in [0.2, 0.25) is 0 Å². The number of aliphatic carboxylic acids is 1. The summed E-state index contributed by atoms with van der Waals surface area (Å²) in [6, 6.07) is 4.80. The van der Waals surface area contributed by atoms with Gasteiger partial charge in [0.15, 0.2) is 0 Å². The van der Waals surface area contributed by atoms with Gasteiger partial charge in [0.25, 0.3) is 5.91 Å². The van der Waals surface area contributed by atoms with E-state index in [0.29, 0.717) is 29.4 Å². The first kappa shape index (κ1) is 14.7. The molecule has 0 aliphatic carbocycles. The molecule has 1 atom stereocenters. The molecule has 3 N–H and O–H groups in total. The van der Waals surface area contributed by atoms with Gasteiger partial charge in [0, 0.05) is 25.1 Å². The second-order valence-corrected chi connectivity index (χ2v) is 5.50. The maximum absolute atomic E-state index is 12.4. The predicted octanol–water partition coefficient (Wildman–Crippen LogP) is 2.25. The number of carboxylic acids is 1. The van der Waals surface area contributed by atoms with E-state index >= 15 is 0 Å². The zero-order chi connectivity index (χ0) is 14.7. The van der Waals surface area contributed by atoms with Crippen LogP contribution in [-0.2, 0) is 4.79 Å². The summed E-state index contributed by atoms with van der Waals surface area (Å²) < 4.78 is 0. The molecule has 20 heavy (non-hydrogen) atoms. The van der Waals surface area contributed by atoms with Crippen LogP contribution in [0.4, 0.5) is 5.69 Å². The average molecular weight is 297 g/mol. The van der Waals surface area contributed by atoms with E-state index in [-0.39, 0.29) is 18.2 Å². The number of anilines is 1. The third-order valence-corrected chi connectivity index (χ3v) is 3.84. The number of carboxylic acid groups (broad SMARTS) is 1. The number of carbonyl (C=O) groups is 2. The molecule has 1 aromatic rings. The van der Waals surface area contributed by atoms with Gasteiger partial charge in [0.05, 0.1) is 10.7 Å². The normalized spacial score (nSPS) is 18.9. The molecule has 108 valence electrons. The van der Waals surface area contributed by atoms with Crippen molar-refractivity contribution in [2.75, 3.05) is 18.8 Å². The summed E-state index contributed by atoms with van der Waals surface area (Å²) in [5, 5.41) is 9.20. The van der Waals surface area contributed by atoms with Gasteiger partial charge < -0.3 is 15.7 Å². The molecule has 5 nitrogen and oxygen atoms in total. The van der Waals surface area contributed by atoms with Crippen LogP contribution in [0.2, 0.25) is 5.02 Å². The van der Waals surface area contributed by atoms with E-state index in [2.05, 4.69) is 0 Å². The van der Waals surface area contributed by atoms with Crippen LogP contribution in [0.1, 0.15) is 29.6 Å². The maximum Gasteiger partial charge on any atom is 0.303 e. The first-order valence-electron chi connectivity index (χ1n) is 6.53. The minimum absolute atomic E-state index is 0.0226.